The number of azo groups is 1. The molecule has 13 nitrogen and oxygen atoms in total. The lowest BCUT2D eigenvalue weighted by Gasteiger charge is -2.16. The van der Waals surface area contributed by atoms with Crippen LogP contribution in [0.5, 0.6) is 0 Å². The molecule has 0 bridgehead atoms. The SMILES string of the molecule is CN(C)c1ccc(N=Nc2ccc(C(=O)OC[C@H]3O[C@@H](n4cnc5c(N)ncnc54)[C@H](O)[C@@H]3O)cc2)cc1. The number of carbonyl (C=O) groups is 1. The molecule has 0 saturated carbocycles. The monoisotopic (exact) mass is 518 g/mol. The van der Waals surface area contributed by atoms with E-state index in [2.05, 4.69) is 25.2 Å². The summed E-state index contributed by atoms with van der Waals surface area (Å²) in [7, 11) is 3.92. The van der Waals surface area contributed by atoms with E-state index in [0.29, 0.717) is 22.5 Å². The van der Waals surface area contributed by atoms with Gasteiger partial charge in [-0.3, -0.25) is 4.57 Å². The van der Waals surface area contributed by atoms with Crippen LogP contribution in [0.3, 0.4) is 0 Å². The fraction of sp³-hybridized carbons (Fsp3) is 0.280. The first kappa shape index (κ1) is 25.2. The Hall–Kier alpha value is -4.46. The molecule has 1 aliphatic heterocycles. The molecule has 1 fully saturated rings. The number of aliphatic hydroxyl groups excluding tert-OH is 2. The van der Waals surface area contributed by atoms with Gasteiger partial charge in [-0.2, -0.15) is 10.2 Å². The molecule has 0 unspecified atom stereocenters. The number of benzene rings is 2. The van der Waals surface area contributed by atoms with Gasteiger partial charge in [0.1, 0.15) is 36.8 Å². The van der Waals surface area contributed by atoms with Crippen molar-refractivity contribution in [2.45, 2.75) is 24.5 Å². The van der Waals surface area contributed by atoms with Crippen molar-refractivity contribution < 1.29 is 24.5 Å². The standard InChI is InChI=1S/C25H26N8O5/c1-32(2)17-9-7-16(8-10-17)31-30-15-5-3-14(4-6-15)25(36)37-11-18-20(34)21(35)24(38-18)33-13-29-19-22(26)27-12-28-23(19)33/h3-10,12-13,18,20-21,24,34-35H,11H2,1-2H3,(H2,26,27,28)/t18-,20-,21-,24-/m1/s1. The van der Waals surface area contributed by atoms with Gasteiger partial charge < -0.3 is 30.3 Å². The van der Waals surface area contributed by atoms with Gasteiger partial charge in [0.05, 0.1) is 23.3 Å². The molecule has 1 saturated heterocycles. The van der Waals surface area contributed by atoms with Gasteiger partial charge in [-0.15, -0.1) is 0 Å². The van der Waals surface area contributed by atoms with Crippen LogP contribution in [0.2, 0.25) is 0 Å². The van der Waals surface area contributed by atoms with Crippen LogP contribution in [0.25, 0.3) is 11.2 Å². The van der Waals surface area contributed by atoms with Crippen LogP contribution < -0.4 is 10.6 Å². The van der Waals surface area contributed by atoms with Crippen LogP contribution in [0.4, 0.5) is 22.9 Å². The minimum absolute atomic E-state index is 0.179. The number of anilines is 2. The van der Waals surface area contributed by atoms with E-state index in [1.807, 2.05) is 43.3 Å². The van der Waals surface area contributed by atoms with Gasteiger partial charge in [0.15, 0.2) is 17.7 Å². The lowest BCUT2D eigenvalue weighted by atomic mass is 10.1. The Morgan fingerprint density at radius 3 is 2.34 bits per heavy atom. The number of aliphatic hydroxyl groups is 2. The van der Waals surface area contributed by atoms with Gasteiger partial charge >= 0.3 is 5.97 Å². The third kappa shape index (κ3) is 5.02. The van der Waals surface area contributed by atoms with Gasteiger partial charge in [-0.25, -0.2) is 19.7 Å². The second-order valence-corrected chi connectivity index (χ2v) is 8.89. The fourth-order valence-electron chi connectivity index (χ4n) is 3.99. The lowest BCUT2D eigenvalue weighted by Crippen LogP contribution is -2.34. The Morgan fingerprint density at radius 2 is 1.68 bits per heavy atom. The second kappa shape index (κ2) is 10.5. The van der Waals surface area contributed by atoms with Crippen molar-refractivity contribution in [2.24, 2.45) is 10.2 Å². The number of hydrogen-bond donors (Lipinski definition) is 3. The summed E-state index contributed by atoms with van der Waals surface area (Å²) in [6.45, 7) is -0.276. The normalized spacial score (nSPS) is 21.3. The van der Waals surface area contributed by atoms with Crippen molar-refractivity contribution in [3.63, 3.8) is 0 Å². The van der Waals surface area contributed by atoms with Crippen LogP contribution in [0, 0.1) is 0 Å². The molecule has 38 heavy (non-hydrogen) atoms. The summed E-state index contributed by atoms with van der Waals surface area (Å²) in [5.41, 5.74) is 9.11. The van der Waals surface area contributed by atoms with Crippen LogP contribution in [0.1, 0.15) is 16.6 Å². The molecule has 4 atom stereocenters. The average molecular weight is 519 g/mol. The summed E-state index contributed by atoms with van der Waals surface area (Å²) < 4.78 is 12.6. The first-order valence-electron chi connectivity index (χ1n) is 11.7. The van der Waals surface area contributed by atoms with Crippen molar-refractivity contribution in [3.05, 3.63) is 66.7 Å². The predicted octanol–water partition coefficient (Wildman–Crippen LogP) is 2.37. The second-order valence-electron chi connectivity index (χ2n) is 8.89. The smallest absolute Gasteiger partial charge is 0.338 e. The van der Waals surface area contributed by atoms with Crippen molar-refractivity contribution >= 4 is 40.0 Å². The maximum atomic E-state index is 12.6. The van der Waals surface area contributed by atoms with Gasteiger partial charge in [0.2, 0.25) is 0 Å². The number of imidazole rings is 1. The van der Waals surface area contributed by atoms with Gasteiger partial charge in [-0.05, 0) is 48.5 Å². The molecule has 0 spiro atoms. The maximum Gasteiger partial charge on any atom is 0.338 e. The molecule has 3 heterocycles. The minimum atomic E-state index is -1.31. The predicted molar refractivity (Wildman–Crippen MR) is 137 cm³/mol. The Labute approximate surface area is 217 Å². The quantitative estimate of drug-likeness (QED) is 0.243. The molecule has 4 aromatic rings. The summed E-state index contributed by atoms with van der Waals surface area (Å²) in [5.74, 6) is -0.437. The third-order valence-corrected chi connectivity index (χ3v) is 6.13. The highest BCUT2D eigenvalue weighted by molar-refractivity contribution is 5.89. The van der Waals surface area contributed by atoms with E-state index < -0.39 is 30.5 Å². The number of carbonyl (C=O) groups excluding carboxylic acids is 1. The highest BCUT2D eigenvalue weighted by atomic mass is 16.6. The number of esters is 1. The highest BCUT2D eigenvalue weighted by Crippen LogP contribution is 2.32. The summed E-state index contributed by atoms with van der Waals surface area (Å²) >= 11 is 0. The van der Waals surface area contributed by atoms with E-state index in [9.17, 15) is 15.0 Å². The van der Waals surface area contributed by atoms with Gasteiger partial charge in [0.25, 0.3) is 0 Å². The number of nitrogen functional groups attached to an aromatic ring is 1. The Kier molecular flexibility index (Phi) is 6.96. The highest BCUT2D eigenvalue weighted by Gasteiger charge is 2.45. The van der Waals surface area contributed by atoms with Crippen molar-refractivity contribution in [3.8, 4) is 0 Å². The molecule has 4 N–H and O–H groups in total. The zero-order chi connectivity index (χ0) is 26.8. The van der Waals surface area contributed by atoms with E-state index in [-0.39, 0.29) is 18.0 Å². The largest absolute Gasteiger partial charge is 0.459 e. The Bertz CT molecular complexity index is 1460. The van der Waals surface area contributed by atoms with Gasteiger partial charge in [0, 0.05) is 19.8 Å². The number of ether oxygens (including phenoxy) is 2. The molecule has 1 aliphatic rings. The molecule has 0 radical (unpaired) electrons. The maximum absolute atomic E-state index is 12.6. The average Bonchev–Trinajstić information content (AvgIpc) is 3.48. The van der Waals surface area contributed by atoms with E-state index in [1.54, 1.807) is 24.3 Å². The molecule has 0 amide bonds. The van der Waals surface area contributed by atoms with Gasteiger partial charge in [-0.1, -0.05) is 0 Å². The number of nitrogens with two attached hydrogens (primary N) is 1. The van der Waals surface area contributed by atoms with E-state index in [1.165, 1.54) is 17.2 Å². The van der Waals surface area contributed by atoms with Crippen molar-refractivity contribution in [2.75, 3.05) is 31.3 Å². The number of hydrogen-bond acceptors (Lipinski definition) is 12. The lowest BCUT2D eigenvalue weighted by molar-refractivity contribution is -0.0565. The summed E-state index contributed by atoms with van der Waals surface area (Å²) in [5, 5.41) is 29.4. The minimum Gasteiger partial charge on any atom is -0.459 e. The topological polar surface area (TPSA) is 174 Å². The summed E-state index contributed by atoms with van der Waals surface area (Å²) in [6.07, 6.45) is -1.93. The molecule has 196 valence electrons. The summed E-state index contributed by atoms with van der Waals surface area (Å²) in [6, 6.07) is 14.0. The number of aromatic nitrogens is 4. The molecule has 5 rings (SSSR count). The van der Waals surface area contributed by atoms with Crippen LogP contribution in [-0.2, 0) is 9.47 Å². The molecule has 2 aromatic carbocycles. The van der Waals surface area contributed by atoms with Crippen LogP contribution in [-0.4, -0.2) is 74.7 Å². The number of nitrogens with zero attached hydrogens (tertiary/aromatic N) is 7. The number of fused-ring (bicyclic) bond motifs is 1. The van der Waals surface area contributed by atoms with Crippen molar-refractivity contribution in [1.29, 1.82) is 0 Å². The van der Waals surface area contributed by atoms with Crippen LogP contribution >= 0.6 is 0 Å². The molecule has 13 heteroatoms. The number of rotatable bonds is 7. The molecular formula is C25H26N8O5. The fourth-order valence-corrected chi connectivity index (χ4v) is 3.99. The molecule has 2 aromatic heterocycles. The summed E-state index contributed by atoms with van der Waals surface area (Å²) in [4.78, 5) is 26.7. The van der Waals surface area contributed by atoms with E-state index >= 15 is 0 Å². The molecule has 0 aliphatic carbocycles. The van der Waals surface area contributed by atoms with Crippen molar-refractivity contribution in [1.82, 2.24) is 19.5 Å². The third-order valence-electron chi connectivity index (χ3n) is 6.13. The van der Waals surface area contributed by atoms with E-state index in [4.69, 9.17) is 15.2 Å². The Morgan fingerprint density at radius 1 is 1.03 bits per heavy atom. The molecular weight excluding hydrogens is 492 g/mol. The van der Waals surface area contributed by atoms with E-state index in [0.717, 1.165) is 5.69 Å². The van der Waals surface area contributed by atoms with Crippen LogP contribution in [0.15, 0.2) is 71.4 Å². The first-order chi connectivity index (χ1) is 18.3. The Balaban J connectivity index is 1.18. The zero-order valence-corrected chi connectivity index (χ0v) is 20.6. The first-order valence-corrected chi connectivity index (χ1v) is 11.7. The zero-order valence-electron chi connectivity index (χ0n) is 20.6.